The van der Waals surface area contributed by atoms with E-state index >= 15 is 0 Å². The molecule has 3 heteroatoms. The van der Waals surface area contributed by atoms with Crippen molar-refractivity contribution in [2.45, 2.75) is 19.9 Å². The molecule has 82 valence electrons. The van der Waals surface area contributed by atoms with Crippen LogP contribution in [0.3, 0.4) is 0 Å². The summed E-state index contributed by atoms with van der Waals surface area (Å²) in [7, 11) is 0. The highest BCUT2D eigenvalue weighted by molar-refractivity contribution is 5.17. The van der Waals surface area contributed by atoms with Crippen molar-refractivity contribution in [1.82, 2.24) is 10.3 Å². The van der Waals surface area contributed by atoms with E-state index in [-0.39, 0.29) is 0 Å². The van der Waals surface area contributed by atoms with E-state index in [2.05, 4.69) is 23.8 Å². The minimum Gasteiger partial charge on any atom is -0.473 e. The molecule has 0 aliphatic rings. The first kappa shape index (κ1) is 11.7. The molecule has 0 aromatic carbocycles. The van der Waals surface area contributed by atoms with Gasteiger partial charge >= 0.3 is 0 Å². The van der Waals surface area contributed by atoms with Gasteiger partial charge in [-0.1, -0.05) is 25.6 Å². The Balaban J connectivity index is 2.38. The normalized spacial score (nSPS) is 9.93. The Kier molecular flexibility index (Phi) is 5.48. The van der Waals surface area contributed by atoms with Crippen molar-refractivity contribution >= 4 is 0 Å². The molecule has 0 saturated carbocycles. The first-order chi connectivity index (χ1) is 7.36. The highest BCUT2D eigenvalue weighted by atomic mass is 16.5. The smallest absolute Gasteiger partial charge is 0.213 e. The van der Waals surface area contributed by atoms with Gasteiger partial charge in [-0.2, -0.15) is 0 Å². The predicted molar refractivity (Wildman–Crippen MR) is 61.9 cm³/mol. The molecule has 0 spiro atoms. The van der Waals surface area contributed by atoms with Crippen LogP contribution >= 0.6 is 0 Å². The highest BCUT2D eigenvalue weighted by Gasteiger charge is 1.95. The molecular weight excluding hydrogens is 188 g/mol. The Morgan fingerprint density at radius 1 is 1.53 bits per heavy atom. The zero-order valence-electron chi connectivity index (χ0n) is 9.20. The summed E-state index contributed by atoms with van der Waals surface area (Å²) in [6.07, 6.45) is 4.69. The number of aromatic nitrogens is 1. The van der Waals surface area contributed by atoms with Gasteiger partial charge in [0.1, 0.15) is 6.61 Å². The molecule has 15 heavy (non-hydrogen) atoms. The molecule has 0 aliphatic heterocycles. The van der Waals surface area contributed by atoms with Crippen molar-refractivity contribution in [3.05, 3.63) is 36.5 Å². The SMILES string of the molecule is C=CCOc1ccc(CNCCC)cn1. The van der Waals surface area contributed by atoms with E-state index in [0.29, 0.717) is 12.5 Å². The Morgan fingerprint density at radius 2 is 2.40 bits per heavy atom. The summed E-state index contributed by atoms with van der Waals surface area (Å²) in [4.78, 5) is 4.18. The summed E-state index contributed by atoms with van der Waals surface area (Å²) < 4.78 is 5.29. The highest BCUT2D eigenvalue weighted by Crippen LogP contribution is 2.07. The second-order valence-corrected chi connectivity index (χ2v) is 3.28. The number of rotatable bonds is 7. The van der Waals surface area contributed by atoms with E-state index in [1.54, 1.807) is 6.08 Å². The quantitative estimate of drug-likeness (QED) is 0.548. The van der Waals surface area contributed by atoms with Crippen molar-refractivity contribution in [2.24, 2.45) is 0 Å². The number of hydrogen-bond acceptors (Lipinski definition) is 3. The first-order valence-corrected chi connectivity index (χ1v) is 5.26. The van der Waals surface area contributed by atoms with Gasteiger partial charge in [-0.15, -0.1) is 0 Å². The lowest BCUT2D eigenvalue weighted by Gasteiger charge is -2.04. The summed E-state index contributed by atoms with van der Waals surface area (Å²) in [5, 5.41) is 3.32. The fraction of sp³-hybridized carbons (Fsp3) is 0.417. The zero-order chi connectivity index (χ0) is 10.9. The van der Waals surface area contributed by atoms with Crippen LogP contribution in [0.5, 0.6) is 5.88 Å². The van der Waals surface area contributed by atoms with Crippen LogP contribution < -0.4 is 10.1 Å². The largest absolute Gasteiger partial charge is 0.473 e. The molecule has 0 fully saturated rings. The minimum absolute atomic E-state index is 0.500. The van der Waals surface area contributed by atoms with Crippen LogP contribution in [0.2, 0.25) is 0 Å². The molecule has 0 radical (unpaired) electrons. The summed E-state index contributed by atoms with van der Waals surface area (Å²) in [5.41, 5.74) is 1.18. The van der Waals surface area contributed by atoms with E-state index in [1.165, 1.54) is 5.56 Å². The molecule has 0 aliphatic carbocycles. The van der Waals surface area contributed by atoms with E-state index in [4.69, 9.17) is 4.74 Å². The summed E-state index contributed by atoms with van der Waals surface area (Å²) >= 11 is 0. The lowest BCUT2D eigenvalue weighted by molar-refractivity contribution is 0.348. The lowest BCUT2D eigenvalue weighted by atomic mass is 10.3. The Labute approximate surface area is 91.2 Å². The van der Waals surface area contributed by atoms with E-state index in [1.807, 2.05) is 18.3 Å². The van der Waals surface area contributed by atoms with Crippen molar-refractivity contribution in [1.29, 1.82) is 0 Å². The molecule has 0 amide bonds. The molecule has 3 nitrogen and oxygen atoms in total. The molecule has 1 N–H and O–H groups in total. The Morgan fingerprint density at radius 3 is 3.00 bits per heavy atom. The Bertz CT molecular complexity index is 282. The van der Waals surface area contributed by atoms with Crippen LogP contribution in [-0.2, 0) is 6.54 Å². The maximum Gasteiger partial charge on any atom is 0.213 e. The third kappa shape index (κ3) is 4.61. The molecule has 0 saturated heterocycles. The van der Waals surface area contributed by atoms with Gasteiger partial charge in [0, 0.05) is 18.8 Å². The van der Waals surface area contributed by atoms with Crippen molar-refractivity contribution in [3.63, 3.8) is 0 Å². The molecule has 0 atom stereocenters. The second kappa shape index (κ2) is 7.01. The average Bonchev–Trinajstić information content (AvgIpc) is 2.28. The molecule has 1 rings (SSSR count). The number of nitrogens with one attached hydrogen (secondary N) is 1. The van der Waals surface area contributed by atoms with Crippen molar-refractivity contribution < 1.29 is 4.74 Å². The molecule has 1 aromatic rings. The van der Waals surface area contributed by atoms with E-state index in [9.17, 15) is 0 Å². The fourth-order valence-corrected chi connectivity index (χ4v) is 1.15. The van der Waals surface area contributed by atoms with E-state index in [0.717, 1.165) is 19.5 Å². The predicted octanol–water partition coefficient (Wildman–Crippen LogP) is 2.15. The minimum atomic E-state index is 0.500. The third-order valence-electron chi connectivity index (χ3n) is 1.90. The van der Waals surface area contributed by atoms with Gasteiger partial charge in [-0.05, 0) is 18.5 Å². The zero-order valence-corrected chi connectivity index (χ0v) is 9.20. The van der Waals surface area contributed by atoms with Gasteiger partial charge in [-0.3, -0.25) is 0 Å². The fourth-order valence-electron chi connectivity index (χ4n) is 1.15. The van der Waals surface area contributed by atoms with Crippen molar-refractivity contribution in [2.75, 3.05) is 13.2 Å². The Hall–Kier alpha value is -1.35. The van der Waals surface area contributed by atoms with Gasteiger partial charge in [-0.25, -0.2) is 4.98 Å². The van der Waals surface area contributed by atoms with E-state index < -0.39 is 0 Å². The van der Waals surface area contributed by atoms with Gasteiger partial charge in [0.25, 0.3) is 0 Å². The van der Waals surface area contributed by atoms with Gasteiger partial charge < -0.3 is 10.1 Å². The van der Waals surface area contributed by atoms with Crippen LogP contribution in [0.15, 0.2) is 31.0 Å². The summed E-state index contributed by atoms with van der Waals surface area (Å²) in [6, 6.07) is 3.90. The van der Waals surface area contributed by atoms with Gasteiger partial charge in [0.05, 0.1) is 0 Å². The van der Waals surface area contributed by atoms with Crippen LogP contribution in [0.1, 0.15) is 18.9 Å². The molecule has 1 aromatic heterocycles. The van der Waals surface area contributed by atoms with Gasteiger partial charge in [0.2, 0.25) is 5.88 Å². The maximum atomic E-state index is 5.29. The second-order valence-electron chi connectivity index (χ2n) is 3.28. The number of pyridine rings is 1. The van der Waals surface area contributed by atoms with Crippen LogP contribution in [0.25, 0.3) is 0 Å². The number of ether oxygens (including phenoxy) is 1. The van der Waals surface area contributed by atoms with Gasteiger partial charge in [0.15, 0.2) is 0 Å². The average molecular weight is 206 g/mol. The molecular formula is C12H18N2O. The standard InChI is InChI=1S/C12H18N2O/c1-3-7-13-9-11-5-6-12(14-10-11)15-8-4-2/h4-6,10,13H,2-3,7-9H2,1H3. The third-order valence-corrected chi connectivity index (χ3v) is 1.90. The molecule has 0 bridgehead atoms. The van der Waals surface area contributed by atoms with Crippen molar-refractivity contribution in [3.8, 4) is 5.88 Å². The first-order valence-electron chi connectivity index (χ1n) is 5.26. The summed E-state index contributed by atoms with van der Waals surface area (Å²) in [5.74, 6) is 0.647. The maximum absolute atomic E-state index is 5.29. The van der Waals surface area contributed by atoms with Crippen LogP contribution in [0, 0.1) is 0 Å². The number of nitrogens with zero attached hydrogens (tertiary/aromatic N) is 1. The lowest BCUT2D eigenvalue weighted by Crippen LogP contribution is -2.13. The number of hydrogen-bond donors (Lipinski definition) is 1. The molecule has 1 heterocycles. The topological polar surface area (TPSA) is 34.1 Å². The van der Waals surface area contributed by atoms with Crippen LogP contribution in [0.4, 0.5) is 0 Å². The molecule has 0 unspecified atom stereocenters. The van der Waals surface area contributed by atoms with Crippen LogP contribution in [-0.4, -0.2) is 18.1 Å². The monoisotopic (exact) mass is 206 g/mol. The summed E-state index contributed by atoms with van der Waals surface area (Å²) in [6.45, 7) is 8.13.